The quantitative estimate of drug-likeness (QED) is 0.803. The molecule has 0 spiro atoms. The van der Waals surface area contributed by atoms with Crippen LogP contribution in [0.1, 0.15) is 37.7 Å². The van der Waals surface area contributed by atoms with Crippen molar-refractivity contribution < 1.29 is 5.11 Å². The molecule has 1 aromatic rings. The topological polar surface area (TPSA) is 20.2 Å². The van der Waals surface area contributed by atoms with Gasteiger partial charge in [0, 0.05) is 6.61 Å². The fraction of sp³-hybridized carbons (Fsp3) is 0.333. The molecule has 0 aliphatic heterocycles. The molecule has 1 aromatic carbocycles. The summed E-state index contributed by atoms with van der Waals surface area (Å²) in [6, 6.07) is 10.7. The molecule has 0 radical (unpaired) electrons. The van der Waals surface area contributed by atoms with Gasteiger partial charge in [-0.15, -0.1) is 0 Å². The second-order valence-corrected chi connectivity index (χ2v) is 6.15. The zero-order valence-corrected chi connectivity index (χ0v) is 13.0. The maximum absolute atomic E-state index is 9.04. The third-order valence-corrected chi connectivity index (χ3v) is 4.55. The van der Waals surface area contributed by atoms with Gasteiger partial charge >= 0.3 is 0 Å². The van der Waals surface area contributed by atoms with Crippen LogP contribution in [-0.2, 0) is 0 Å². The van der Waals surface area contributed by atoms with E-state index in [1.807, 2.05) is 0 Å². The van der Waals surface area contributed by atoms with Crippen LogP contribution in [0, 0.1) is 5.92 Å². The van der Waals surface area contributed by atoms with Crippen molar-refractivity contribution in [2.24, 2.45) is 5.92 Å². The number of hydrogen-bond donors (Lipinski definition) is 1. The van der Waals surface area contributed by atoms with Crippen LogP contribution in [0.15, 0.2) is 71.9 Å². The van der Waals surface area contributed by atoms with Gasteiger partial charge in [0.2, 0.25) is 0 Å². The molecule has 0 heterocycles. The molecule has 1 N–H and O–H groups in total. The highest BCUT2D eigenvalue weighted by Gasteiger charge is 2.13. The predicted octanol–water partition coefficient (Wildman–Crippen LogP) is 5.07. The molecule has 2 aliphatic rings. The summed E-state index contributed by atoms with van der Waals surface area (Å²) < 4.78 is 0. The molecule has 0 fully saturated rings. The third kappa shape index (κ3) is 3.66. The molecule has 0 aromatic heterocycles. The number of aliphatic hydroxyl groups excluding tert-OH is 1. The summed E-state index contributed by atoms with van der Waals surface area (Å²) in [6.45, 7) is 0.284. The highest BCUT2D eigenvalue weighted by molar-refractivity contribution is 5.78. The molecule has 1 nitrogen and oxygen atoms in total. The monoisotopic (exact) mass is 292 g/mol. The Labute approximate surface area is 133 Å². The molecule has 0 saturated heterocycles. The lowest BCUT2D eigenvalue weighted by Gasteiger charge is -2.20. The first-order chi connectivity index (χ1) is 10.9. The Hall–Kier alpha value is -1.86. The maximum atomic E-state index is 9.04. The average molecular weight is 292 g/mol. The van der Waals surface area contributed by atoms with Crippen LogP contribution >= 0.6 is 0 Å². The van der Waals surface area contributed by atoms with Crippen LogP contribution in [0.2, 0.25) is 0 Å². The minimum atomic E-state index is 0.284. The van der Waals surface area contributed by atoms with Crippen molar-refractivity contribution in [2.45, 2.75) is 32.1 Å². The Balaban J connectivity index is 1.77. The zero-order valence-electron chi connectivity index (χ0n) is 13.0. The van der Waals surface area contributed by atoms with Gasteiger partial charge in [0.25, 0.3) is 0 Å². The fourth-order valence-electron chi connectivity index (χ4n) is 3.28. The largest absolute Gasteiger partial charge is 0.396 e. The van der Waals surface area contributed by atoms with Crippen molar-refractivity contribution in [1.82, 2.24) is 0 Å². The number of allylic oxidation sites excluding steroid dienone is 8. The van der Waals surface area contributed by atoms with E-state index < -0.39 is 0 Å². The molecule has 0 bridgehead atoms. The summed E-state index contributed by atoms with van der Waals surface area (Å²) in [5.41, 5.74) is 5.70. The van der Waals surface area contributed by atoms with E-state index in [-0.39, 0.29) is 6.61 Å². The molecule has 1 unspecified atom stereocenters. The van der Waals surface area contributed by atoms with Crippen LogP contribution in [0.5, 0.6) is 0 Å². The van der Waals surface area contributed by atoms with E-state index in [2.05, 4.69) is 60.7 Å². The maximum Gasteiger partial charge on any atom is 0.0436 e. The van der Waals surface area contributed by atoms with Gasteiger partial charge in [-0.3, -0.25) is 0 Å². The SMILES string of the molecule is OCCC1C=CC(CC2=C(c3ccccc3)C=CCC2)=CC1. The van der Waals surface area contributed by atoms with E-state index in [0.717, 1.165) is 32.1 Å². The highest BCUT2D eigenvalue weighted by atomic mass is 16.3. The van der Waals surface area contributed by atoms with Gasteiger partial charge in [0.1, 0.15) is 0 Å². The van der Waals surface area contributed by atoms with Crippen molar-refractivity contribution in [3.63, 3.8) is 0 Å². The average Bonchev–Trinajstić information content (AvgIpc) is 2.58. The Morgan fingerprint density at radius 1 is 1.09 bits per heavy atom. The lowest BCUT2D eigenvalue weighted by atomic mass is 9.86. The summed E-state index contributed by atoms with van der Waals surface area (Å²) in [5, 5.41) is 9.04. The number of benzene rings is 1. The van der Waals surface area contributed by atoms with E-state index >= 15 is 0 Å². The molecule has 1 heteroatoms. The van der Waals surface area contributed by atoms with E-state index in [9.17, 15) is 0 Å². The number of hydrogen-bond acceptors (Lipinski definition) is 1. The van der Waals surface area contributed by atoms with Crippen molar-refractivity contribution in [3.05, 3.63) is 77.4 Å². The predicted molar refractivity (Wildman–Crippen MR) is 93.4 cm³/mol. The first kappa shape index (κ1) is 15.1. The minimum Gasteiger partial charge on any atom is -0.396 e. The van der Waals surface area contributed by atoms with Crippen molar-refractivity contribution in [2.75, 3.05) is 6.61 Å². The second-order valence-electron chi connectivity index (χ2n) is 6.15. The van der Waals surface area contributed by atoms with Gasteiger partial charge in [-0.25, -0.2) is 0 Å². The minimum absolute atomic E-state index is 0.284. The van der Waals surface area contributed by atoms with E-state index in [1.54, 1.807) is 5.57 Å². The van der Waals surface area contributed by atoms with Gasteiger partial charge in [-0.1, -0.05) is 66.3 Å². The summed E-state index contributed by atoms with van der Waals surface area (Å²) in [5.74, 6) is 0.516. The third-order valence-electron chi connectivity index (χ3n) is 4.55. The smallest absolute Gasteiger partial charge is 0.0436 e. The standard InChI is InChI=1S/C21H24O/c22-15-14-17-10-12-18(13-11-17)16-20-8-4-5-9-21(20)19-6-2-1-3-7-19/h1-3,5-7,9-10,12-13,17,22H,4,8,11,14-16H2. The fourth-order valence-corrected chi connectivity index (χ4v) is 3.28. The summed E-state index contributed by atoms with van der Waals surface area (Å²) in [4.78, 5) is 0. The first-order valence-electron chi connectivity index (χ1n) is 8.29. The van der Waals surface area contributed by atoms with Gasteiger partial charge < -0.3 is 5.11 Å². The molecule has 1 atom stereocenters. The zero-order chi connectivity index (χ0) is 15.2. The van der Waals surface area contributed by atoms with Crippen LogP contribution in [0.3, 0.4) is 0 Å². The summed E-state index contributed by atoms with van der Waals surface area (Å²) >= 11 is 0. The van der Waals surface area contributed by atoms with E-state index in [4.69, 9.17) is 5.11 Å². The van der Waals surface area contributed by atoms with Gasteiger partial charge in [-0.2, -0.15) is 0 Å². The molecule has 22 heavy (non-hydrogen) atoms. The van der Waals surface area contributed by atoms with Gasteiger partial charge in [0.05, 0.1) is 0 Å². The lowest BCUT2D eigenvalue weighted by molar-refractivity contribution is 0.270. The number of rotatable bonds is 5. The summed E-state index contributed by atoms with van der Waals surface area (Å²) in [6.07, 6.45) is 16.8. The summed E-state index contributed by atoms with van der Waals surface area (Å²) in [7, 11) is 0. The number of aliphatic hydroxyl groups is 1. The van der Waals surface area contributed by atoms with Crippen LogP contribution in [0.25, 0.3) is 5.57 Å². The Bertz CT molecular complexity index is 617. The lowest BCUT2D eigenvalue weighted by Crippen LogP contribution is -2.03. The van der Waals surface area contributed by atoms with E-state index in [0.29, 0.717) is 5.92 Å². The Kier molecular flexibility index (Phi) is 5.07. The molecule has 0 saturated carbocycles. The van der Waals surface area contributed by atoms with Gasteiger partial charge in [-0.05, 0) is 54.7 Å². The molecule has 2 aliphatic carbocycles. The first-order valence-corrected chi connectivity index (χ1v) is 8.29. The van der Waals surface area contributed by atoms with Gasteiger partial charge in [0.15, 0.2) is 0 Å². The van der Waals surface area contributed by atoms with Crippen LogP contribution in [-0.4, -0.2) is 11.7 Å². The van der Waals surface area contributed by atoms with E-state index in [1.165, 1.54) is 16.7 Å². The van der Waals surface area contributed by atoms with Crippen LogP contribution < -0.4 is 0 Å². The molecule has 3 rings (SSSR count). The van der Waals surface area contributed by atoms with Crippen molar-refractivity contribution >= 4 is 5.57 Å². The molecular weight excluding hydrogens is 268 g/mol. The molecule has 0 amide bonds. The normalized spacial score (nSPS) is 21.1. The molecule has 114 valence electrons. The van der Waals surface area contributed by atoms with Crippen LogP contribution in [0.4, 0.5) is 0 Å². The van der Waals surface area contributed by atoms with Crippen molar-refractivity contribution in [1.29, 1.82) is 0 Å². The Morgan fingerprint density at radius 3 is 2.68 bits per heavy atom. The Morgan fingerprint density at radius 2 is 1.95 bits per heavy atom. The highest BCUT2D eigenvalue weighted by Crippen LogP contribution is 2.33. The molecular formula is C21H24O. The van der Waals surface area contributed by atoms with Crippen molar-refractivity contribution in [3.8, 4) is 0 Å². The second kappa shape index (κ2) is 7.42.